The molecular weight excluding hydrogens is 312 g/mol. The Labute approximate surface area is 137 Å². The molecule has 0 N–H and O–H groups in total. The zero-order valence-corrected chi connectivity index (χ0v) is 13.3. The second kappa shape index (κ2) is 6.86. The monoisotopic (exact) mass is 329 g/mol. The Bertz CT molecular complexity index is 920. The highest BCUT2D eigenvalue weighted by molar-refractivity contribution is 5.85. The van der Waals surface area contributed by atoms with Crippen LogP contribution in [0.2, 0.25) is 0 Å². The number of nitrogens with zero attached hydrogens (tertiary/aromatic N) is 3. The number of hydrogen-bond donors (Lipinski definition) is 0. The third kappa shape index (κ3) is 3.18. The summed E-state index contributed by atoms with van der Waals surface area (Å²) in [5, 5.41) is 0.924. The zero-order chi connectivity index (χ0) is 17.1. The molecule has 124 valence electrons. The highest BCUT2D eigenvalue weighted by atomic mass is 19.1. The van der Waals surface area contributed by atoms with Crippen LogP contribution < -0.4 is 5.56 Å². The van der Waals surface area contributed by atoms with Gasteiger partial charge >= 0.3 is 0 Å². The summed E-state index contributed by atoms with van der Waals surface area (Å²) in [6.07, 6.45) is 6.70. The second-order valence-electron chi connectivity index (χ2n) is 5.67. The minimum atomic E-state index is -0.600. The van der Waals surface area contributed by atoms with Gasteiger partial charge in [-0.2, -0.15) is 0 Å². The van der Waals surface area contributed by atoms with Crippen LogP contribution in [0, 0.1) is 11.6 Å². The first kappa shape index (κ1) is 16.2. The molecule has 3 rings (SSSR count). The molecule has 0 aliphatic heterocycles. The molecule has 0 aliphatic rings. The van der Waals surface area contributed by atoms with Gasteiger partial charge in [-0.15, -0.1) is 0 Å². The van der Waals surface area contributed by atoms with Crippen LogP contribution >= 0.6 is 0 Å². The Morgan fingerprint density at radius 2 is 1.88 bits per heavy atom. The summed E-state index contributed by atoms with van der Waals surface area (Å²) in [5.41, 5.74) is -0.0697. The number of unbranched alkanes of at least 4 members (excludes halogenated alkanes) is 2. The second-order valence-corrected chi connectivity index (χ2v) is 5.67. The fourth-order valence-electron chi connectivity index (χ4n) is 2.64. The Hall–Kier alpha value is -2.63. The maximum absolute atomic E-state index is 14.4. The van der Waals surface area contributed by atoms with Crippen LogP contribution in [0.4, 0.5) is 8.78 Å². The van der Waals surface area contributed by atoms with Crippen molar-refractivity contribution < 1.29 is 8.78 Å². The van der Waals surface area contributed by atoms with E-state index in [0.717, 1.165) is 31.7 Å². The summed E-state index contributed by atoms with van der Waals surface area (Å²) in [4.78, 5) is 20.1. The predicted molar refractivity (Wildman–Crippen MR) is 88.7 cm³/mol. The summed E-state index contributed by atoms with van der Waals surface area (Å²) in [5.74, 6) is -1.10. The number of halogens is 2. The van der Waals surface area contributed by atoms with Crippen LogP contribution in [0.1, 0.15) is 26.2 Å². The molecule has 0 radical (unpaired) electrons. The Balaban J connectivity index is 2.04. The number of pyridine rings is 1. The Kier molecular flexibility index (Phi) is 4.64. The molecule has 0 atom stereocenters. The van der Waals surface area contributed by atoms with E-state index in [1.54, 1.807) is 16.8 Å². The number of aryl methyl sites for hydroxylation is 1. The van der Waals surface area contributed by atoms with Crippen LogP contribution in [0.3, 0.4) is 0 Å². The van der Waals surface area contributed by atoms with Gasteiger partial charge < -0.3 is 4.57 Å². The SMILES string of the molecule is CCCCCn1ccc2cc(-c3ncc(F)cn3)c(F)cc2c1=O. The van der Waals surface area contributed by atoms with Gasteiger partial charge in [0.1, 0.15) is 5.82 Å². The van der Waals surface area contributed by atoms with Gasteiger partial charge in [0.25, 0.3) is 5.56 Å². The number of rotatable bonds is 5. The quantitative estimate of drug-likeness (QED) is 0.667. The van der Waals surface area contributed by atoms with Gasteiger partial charge in [-0.25, -0.2) is 18.7 Å². The van der Waals surface area contributed by atoms with Crippen LogP contribution in [0.25, 0.3) is 22.2 Å². The molecule has 0 saturated heterocycles. The van der Waals surface area contributed by atoms with Crippen molar-refractivity contribution in [2.24, 2.45) is 0 Å². The standard InChI is InChI=1S/C18H17F2N3O/c1-2-3-4-6-23-7-5-12-8-15(16(20)9-14(12)18(23)24)17-21-10-13(19)11-22-17/h5,7-11H,2-4,6H2,1H3. The molecule has 0 fully saturated rings. The summed E-state index contributed by atoms with van der Waals surface area (Å²) in [6.45, 7) is 2.71. The largest absolute Gasteiger partial charge is 0.315 e. The van der Waals surface area contributed by atoms with E-state index in [1.165, 1.54) is 12.1 Å². The zero-order valence-electron chi connectivity index (χ0n) is 13.3. The van der Waals surface area contributed by atoms with Crippen LogP contribution in [0.15, 0.2) is 41.6 Å². The van der Waals surface area contributed by atoms with E-state index in [0.29, 0.717) is 17.3 Å². The third-order valence-electron chi connectivity index (χ3n) is 3.93. The summed E-state index contributed by atoms with van der Waals surface area (Å²) >= 11 is 0. The first-order valence-electron chi connectivity index (χ1n) is 7.90. The normalized spacial score (nSPS) is 11.1. The van der Waals surface area contributed by atoms with Crippen LogP contribution in [-0.4, -0.2) is 14.5 Å². The number of fused-ring (bicyclic) bond motifs is 1. The number of aromatic nitrogens is 3. The summed E-state index contributed by atoms with van der Waals surface area (Å²) in [6, 6.07) is 4.50. The molecular formula is C18H17F2N3O. The molecule has 2 heterocycles. The van der Waals surface area contributed by atoms with E-state index in [2.05, 4.69) is 16.9 Å². The van der Waals surface area contributed by atoms with Crippen molar-refractivity contribution in [3.8, 4) is 11.4 Å². The first-order valence-corrected chi connectivity index (χ1v) is 7.90. The van der Waals surface area contributed by atoms with Crippen LogP contribution in [-0.2, 0) is 6.54 Å². The van der Waals surface area contributed by atoms with Gasteiger partial charge in [0.05, 0.1) is 23.3 Å². The fraction of sp³-hybridized carbons (Fsp3) is 0.278. The third-order valence-corrected chi connectivity index (χ3v) is 3.93. The van der Waals surface area contributed by atoms with Crippen molar-refractivity contribution in [3.05, 3.63) is 58.8 Å². The van der Waals surface area contributed by atoms with Gasteiger partial charge in [-0.05, 0) is 30.0 Å². The lowest BCUT2D eigenvalue weighted by Gasteiger charge is -2.09. The molecule has 2 aromatic heterocycles. The lowest BCUT2D eigenvalue weighted by Crippen LogP contribution is -2.19. The van der Waals surface area contributed by atoms with Gasteiger partial charge in [0.2, 0.25) is 0 Å². The van der Waals surface area contributed by atoms with Crippen molar-refractivity contribution in [1.82, 2.24) is 14.5 Å². The van der Waals surface area contributed by atoms with E-state index >= 15 is 0 Å². The maximum atomic E-state index is 14.4. The molecule has 0 amide bonds. The number of hydrogen-bond acceptors (Lipinski definition) is 3. The average molecular weight is 329 g/mol. The summed E-state index contributed by atoms with van der Waals surface area (Å²) < 4.78 is 28.9. The van der Waals surface area contributed by atoms with Crippen molar-refractivity contribution in [3.63, 3.8) is 0 Å². The van der Waals surface area contributed by atoms with Gasteiger partial charge in [0, 0.05) is 12.7 Å². The smallest absolute Gasteiger partial charge is 0.258 e. The van der Waals surface area contributed by atoms with E-state index in [-0.39, 0.29) is 16.9 Å². The molecule has 24 heavy (non-hydrogen) atoms. The molecule has 6 heteroatoms. The lowest BCUT2D eigenvalue weighted by atomic mass is 10.1. The van der Waals surface area contributed by atoms with Crippen molar-refractivity contribution in [1.29, 1.82) is 0 Å². The minimum absolute atomic E-state index is 0.0860. The molecule has 0 unspecified atom stereocenters. The molecule has 3 aromatic rings. The van der Waals surface area contributed by atoms with Crippen molar-refractivity contribution >= 4 is 10.8 Å². The Morgan fingerprint density at radius 3 is 2.58 bits per heavy atom. The van der Waals surface area contributed by atoms with E-state index in [9.17, 15) is 13.6 Å². The Morgan fingerprint density at radius 1 is 1.12 bits per heavy atom. The average Bonchev–Trinajstić information content (AvgIpc) is 2.58. The molecule has 1 aromatic carbocycles. The minimum Gasteiger partial charge on any atom is -0.315 e. The van der Waals surface area contributed by atoms with Gasteiger partial charge in [0.15, 0.2) is 11.6 Å². The first-order chi connectivity index (χ1) is 11.6. The van der Waals surface area contributed by atoms with E-state index in [1.807, 2.05) is 0 Å². The van der Waals surface area contributed by atoms with Crippen molar-refractivity contribution in [2.45, 2.75) is 32.7 Å². The topological polar surface area (TPSA) is 47.8 Å². The number of benzene rings is 1. The molecule has 4 nitrogen and oxygen atoms in total. The van der Waals surface area contributed by atoms with Crippen molar-refractivity contribution in [2.75, 3.05) is 0 Å². The van der Waals surface area contributed by atoms with E-state index in [4.69, 9.17) is 0 Å². The van der Waals surface area contributed by atoms with Gasteiger partial charge in [-0.3, -0.25) is 4.79 Å². The predicted octanol–water partition coefficient (Wildman–Crippen LogP) is 3.93. The summed E-state index contributed by atoms with van der Waals surface area (Å²) in [7, 11) is 0. The molecule has 0 saturated carbocycles. The molecule has 0 aliphatic carbocycles. The maximum Gasteiger partial charge on any atom is 0.258 e. The molecule has 0 bridgehead atoms. The van der Waals surface area contributed by atoms with Crippen LogP contribution in [0.5, 0.6) is 0 Å². The molecule has 0 spiro atoms. The van der Waals surface area contributed by atoms with E-state index < -0.39 is 11.6 Å². The van der Waals surface area contributed by atoms with Gasteiger partial charge in [-0.1, -0.05) is 19.8 Å². The highest BCUT2D eigenvalue weighted by Gasteiger charge is 2.12. The fourth-order valence-corrected chi connectivity index (χ4v) is 2.64. The lowest BCUT2D eigenvalue weighted by molar-refractivity contribution is 0.590. The highest BCUT2D eigenvalue weighted by Crippen LogP contribution is 2.24.